The Hall–Kier alpha value is -4.22. The fourth-order valence-corrected chi connectivity index (χ4v) is 3.58. The lowest BCUT2D eigenvalue weighted by molar-refractivity contribution is -0.137. The van der Waals surface area contributed by atoms with Crippen LogP contribution >= 0.6 is 0 Å². The highest BCUT2D eigenvalue weighted by Gasteiger charge is 2.33. The number of rotatable bonds is 4. The number of nitrogen functional groups attached to an aromatic ring is 1. The Morgan fingerprint density at radius 2 is 1.94 bits per heavy atom. The van der Waals surface area contributed by atoms with E-state index in [0.29, 0.717) is 46.7 Å². The molecular weight excluding hydrogens is 451 g/mol. The highest BCUT2D eigenvalue weighted by Crippen LogP contribution is 2.30. The van der Waals surface area contributed by atoms with E-state index in [-0.39, 0.29) is 29.6 Å². The SMILES string of the molecule is Nc1nc2ccc(C(=O)N(Cc3ccc(C(F)(F)F)cn3)NC(=O)C3CC3)cc2c2[nH]ncc12. The average Bonchev–Trinajstić information content (AvgIpc) is 3.54. The molecule has 3 heterocycles. The number of hydrogen-bond acceptors (Lipinski definition) is 6. The van der Waals surface area contributed by atoms with Gasteiger partial charge in [0.05, 0.1) is 40.4 Å². The van der Waals surface area contributed by atoms with Crippen molar-refractivity contribution in [3.05, 3.63) is 59.5 Å². The number of hydrogen-bond donors (Lipinski definition) is 3. The summed E-state index contributed by atoms with van der Waals surface area (Å²) in [5, 5.41) is 9.10. The van der Waals surface area contributed by atoms with E-state index in [1.54, 1.807) is 12.1 Å². The van der Waals surface area contributed by atoms with Gasteiger partial charge in [0.25, 0.3) is 5.91 Å². The highest BCUT2D eigenvalue weighted by molar-refractivity contribution is 6.09. The van der Waals surface area contributed by atoms with Gasteiger partial charge in [-0.2, -0.15) is 18.3 Å². The van der Waals surface area contributed by atoms with Crippen molar-refractivity contribution in [2.75, 3.05) is 5.73 Å². The molecule has 0 radical (unpaired) electrons. The van der Waals surface area contributed by atoms with Crippen LogP contribution in [0.1, 0.15) is 34.5 Å². The Morgan fingerprint density at radius 3 is 2.62 bits per heavy atom. The largest absolute Gasteiger partial charge is 0.417 e. The Morgan fingerprint density at radius 1 is 1.15 bits per heavy atom. The number of alkyl halides is 3. The fraction of sp³-hybridized carbons (Fsp3) is 0.227. The zero-order valence-corrected chi connectivity index (χ0v) is 17.6. The molecule has 0 spiro atoms. The molecule has 0 aliphatic heterocycles. The number of hydrazine groups is 1. The Kier molecular flexibility index (Phi) is 5.07. The Labute approximate surface area is 190 Å². The molecule has 3 aromatic heterocycles. The molecule has 2 amide bonds. The monoisotopic (exact) mass is 469 g/mol. The number of aromatic amines is 1. The van der Waals surface area contributed by atoms with Crippen molar-refractivity contribution >= 4 is 39.4 Å². The molecule has 0 unspecified atom stereocenters. The van der Waals surface area contributed by atoms with Gasteiger partial charge < -0.3 is 5.73 Å². The van der Waals surface area contributed by atoms with E-state index in [4.69, 9.17) is 5.73 Å². The number of amides is 2. The molecule has 4 N–H and O–H groups in total. The highest BCUT2D eigenvalue weighted by atomic mass is 19.4. The molecule has 9 nitrogen and oxygen atoms in total. The number of carbonyl (C=O) groups excluding carboxylic acids is 2. The number of fused-ring (bicyclic) bond motifs is 3. The number of H-pyrrole nitrogens is 1. The molecule has 1 fully saturated rings. The first-order chi connectivity index (χ1) is 16.2. The van der Waals surface area contributed by atoms with E-state index in [2.05, 4.69) is 25.6 Å². The van der Waals surface area contributed by atoms with Crippen molar-refractivity contribution in [1.82, 2.24) is 30.6 Å². The van der Waals surface area contributed by atoms with Gasteiger partial charge in [0, 0.05) is 23.1 Å². The summed E-state index contributed by atoms with van der Waals surface area (Å²) < 4.78 is 38.6. The summed E-state index contributed by atoms with van der Waals surface area (Å²) in [5.41, 5.74) is 9.21. The first kappa shape index (κ1) is 21.6. The van der Waals surface area contributed by atoms with Crippen LogP contribution in [-0.2, 0) is 17.5 Å². The van der Waals surface area contributed by atoms with Crippen LogP contribution in [-0.4, -0.2) is 37.0 Å². The van der Waals surface area contributed by atoms with Crippen LogP contribution in [0.3, 0.4) is 0 Å². The third-order valence-corrected chi connectivity index (χ3v) is 5.58. The lowest BCUT2D eigenvalue weighted by Gasteiger charge is -2.23. The van der Waals surface area contributed by atoms with Gasteiger partial charge in [0.1, 0.15) is 5.82 Å². The first-order valence-corrected chi connectivity index (χ1v) is 10.4. The zero-order chi connectivity index (χ0) is 24.0. The minimum Gasteiger partial charge on any atom is -0.383 e. The standard InChI is InChI=1S/C22H18F3N7O2/c23-22(24,25)13-4-5-14(27-8-13)10-32(31-20(33)11-1-2-11)21(34)12-3-6-17-15(7-12)18-16(9-28-30-18)19(26)29-17/h3-9,11H,1-2,10H2,(H2,26,29)(H,28,30)(H,31,33). The summed E-state index contributed by atoms with van der Waals surface area (Å²) >= 11 is 0. The predicted molar refractivity (Wildman–Crippen MR) is 116 cm³/mol. The number of benzene rings is 1. The van der Waals surface area contributed by atoms with Crippen molar-refractivity contribution in [2.24, 2.45) is 5.92 Å². The minimum atomic E-state index is -4.53. The maximum absolute atomic E-state index is 13.4. The smallest absolute Gasteiger partial charge is 0.383 e. The van der Waals surface area contributed by atoms with E-state index in [1.807, 2.05) is 0 Å². The summed E-state index contributed by atoms with van der Waals surface area (Å²) in [4.78, 5) is 33.9. The predicted octanol–water partition coefficient (Wildman–Crippen LogP) is 3.19. The van der Waals surface area contributed by atoms with E-state index in [9.17, 15) is 22.8 Å². The summed E-state index contributed by atoms with van der Waals surface area (Å²) in [5.74, 6) is -0.778. The van der Waals surface area contributed by atoms with Gasteiger partial charge in [-0.3, -0.25) is 25.1 Å². The number of anilines is 1. The molecule has 1 aliphatic rings. The molecule has 0 atom stereocenters. The van der Waals surface area contributed by atoms with Crippen molar-refractivity contribution in [3.63, 3.8) is 0 Å². The van der Waals surface area contributed by atoms with E-state index < -0.39 is 17.6 Å². The van der Waals surface area contributed by atoms with Crippen LogP contribution in [0.4, 0.5) is 19.0 Å². The Balaban J connectivity index is 1.48. The number of nitrogens with zero attached hydrogens (tertiary/aromatic N) is 4. The number of pyridine rings is 2. The van der Waals surface area contributed by atoms with Crippen LogP contribution in [0.5, 0.6) is 0 Å². The van der Waals surface area contributed by atoms with Crippen molar-refractivity contribution in [1.29, 1.82) is 0 Å². The van der Waals surface area contributed by atoms with Gasteiger partial charge in [-0.15, -0.1) is 0 Å². The number of aromatic nitrogens is 4. The molecule has 5 rings (SSSR count). The summed E-state index contributed by atoms with van der Waals surface area (Å²) in [6.45, 7) is -0.215. The second-order valence-corrected chi connectivity index (χ2v) is 8.07. The van der Waals surface area contributed by atoms with E-state index >= 15 is 0 Å². The van der Waals surface area contributed by atoms with E-state index in [1.165, 1.54) is 18.3 Å². The molecule has 1 saturated carbocycles. The van der Waals surface area contributed by atoms with Gasteiger partial charge >= 0.3 is 6.18 Å². The average molecular weight is 469 g/mol. The molecular formula is C22H18F3N7O2. The molecule has 4 aromatic rings. The van der Waals surface area contributed by atoms with Gasteiger partial charge in [0.15, 0.2) is 0 Å². The third-order valence-electron chi connectivity index (χ3n) is 5.58. The van der Waals surface area contributed by atoms with E-state index in [0.717, 1.165) is 11.1 Å². The second kappa shape index (κ2) is 7.97. The maximum Gasteiger partial charge on any atom is 0.417 e. The lowest BCUT2D eigenvalue weighted by atomic mass is 10.1. The quantitative estimate of drug-likeness (QED) is 0.394. The third kappa shape index (κ3) is 4.09. The summed E-state index contributed by atoms with van der Waals surface area (Å²) in [6, 6.07) is 6.82. The van der Waals surface area contributed by atoms with Crippen LogP contribution < -0.4 is 11.2 Å². The van der Waals surface area contributed by atoms with Crippen LogP contribution in [0.15, 0.2) is 42.7 Å². The van der Waals surface area contributed by atoms with Crippen LogP contribution in [0.25, 0.3) is 21.8 Å². The molecule has 1 aliphatic carbocycles. The number of nitrogens with two attached hydrogens (primary N) is 1. The van der Waals surface area contributed by atoms with Gasteiger partial charge in [-0.25, -0.2) is 9.99 Å². The van der Waals surface area contributed by atoms with Gasteiger partial charge in [0.2, 0.25) is 5.91 Å². The molecule has 174 valence electrons. The summed E-state index contributed by atoms with van der Waals surface area (Å²) in [7, 11) is 0. The Bertz CT molecular complexity index is 1410. The number of carbonyl (C=O) groups is 2. The number of nitrogens with one attached hydrogen (secondary N) is 2. The molecule has 12 heteroatoms. The van der Waals surface area contributed by atoms with Gasteiger partial charge in [-0.1, -0.05) is 0 Å². The zero-order valence-electron chi connectivity index (χ0n) is 17.6. The lowest BCUT2D eigenvalue weighted by Crippen LogP contribution is -2.46. The fourth-order valence-electron chi connectivity index (χ4n) is 3.58. The topological polar surface area (TPSA) is 130 Å². The molecule has 34 heavy (non-hydrogen) atoms. The number of halogens is 3. The molecule has 1 aromatic carbocycles. The van der Waals surface area contributed by atoms with Crippen LogP contribution in [0.2, 0.25) is 0 Å². The van der Waals surface area contributed by atoms with Crippen molar-refractivity contribution < 1.29 is 22.8 Å². The van der Waals surface area contributed by atoms with Crippen molar-refractivity contribution in [2.45, 2.75) is 25.6 Å². The van der Waals surface area contributed by atoms with Crippen LogP contribution in [0, 0.1) is 5.92 Å². The van der Waals surface area contributed by atoms with Crippen molar-refractivity contribution in [3.8, 4) is 0 Å². The second-order valence-electron chi connectivity index (χ2n) is 8.07. The first-order valence-electron chi connectivity index (χ1n) is 10.4. The minimum absolute atomic E-state index is 0.184. The molecule has 0 saturated heterocycles. The maximum atomic E-state index is 13.4. The normalized spacial score (nSPS) is 13.9. The van der Waals surface area contributed by atoms with Gasteiger partial charge in [-0.05, 0) is 43.2 Å². The summed E-state index contributed by atoms with van der Waals surface area (Å²) in [6.07, 6.45) is -0.867. The molecule has 0 bridgehead atoms.